The van der Waals surface area contributed by atoms with E-state index < -0.39 is 0 Å². The van der Waals surface area contributed by atoms with Crippen LogP contribution in [0.5, 0.6) is 0 Å². The zero-order valence-corrected chi connectivity index (χ0v) is 10.6. The third kappa shape index (κ3) is 3.55. The van der Waals surface area contributed by atoms with Crippen LogP contribution in [-0.2, 0) is 11.2 Å². The molecule has 0 radical (unpaired) electrons. The van der Waals surface area contributed by atoms with Crippen molar-refractivity contribution in [2.24, 2.45) is 0 Å². The maximum atomic E-state index is 10.1. The summed E-state index contributed by atoms with van der Waals surface area (Å²) in [4.78, 5) is 0. The van der Waals surface area contributed by atoms with Gasteiger partial charge in [-0.15, -0.1) is 0 Å². The molecule has 0 saturated carbocycles. The Balaban J connectivity index is 1.87. The smallest absolute Gasteiger partial charge is 0.0791 e. The molecule has 1 N–H and O–H groups in total. The second-order valence-corrected chi connectivity index (χ2v) is 4.83. The van der Waals surface area contributed by atoms with Crippen molar-refractivity contribution in [1.29, 1.82) is 0 Å². The molecule has 1 aliphatic rings. The van der Waals surface area contributed by atoms with Gasteiger partial charge < -0.3 is 9.84 Å². The molecule has 2 rings (SSSR count). The van der Waals surface area contributed by atoms with E-state index in [0.717, 1.165) is 37.9 Å². The maximum absolute atomic E-state index is 10.1. The molecule has 94 valence electrons. The molecule has 2 unspecified atom stereocenters. The number of aliphatic hydroxyl groups is 1. The lowest BCUT2D eigenvalue weighted by atomic mass is 9.99. The lowest BCUT2D eigenvalue weighted by molar-refractivity contribution is 0.0812. The van der Waals surface area contributed by atoms with E-state index in [-0.39, 0.29) is 6.10 Å². The van der Waals surface area contributed by atoms with Gasteiger partial charge in [-0.05, 0) is 43.2 Å². The van der Waals surface area contributed by atoms with Crippen molar-refractivity contribution in [2.75, 3.05) is 6.61 Å². The Labute approximate surface area is 104 Å². The normalized spacial score (nSPS) is 21.6. The summed E-state index contributed by atoms with van der Waals surface area (Å²) in [5, 5.41) is 10.1. The first kappa shape index (κ1) is 12.6. The van der Waals surface area contributed by atoms with Crippen LogP contribution < -0.4 is 0 Å². The van der Waals surface area contributed by atoms with E-state index >= 15 is 0 Å². The van der Waals surface area contributed by atoms with Gasteiger partial charge in [0.15, 0.2) is 0 Å². The van der Waals surface area contributed by atoms with Crippen LogP contribution in [0.3, 0.4) is 0 Å². The lowest BCUT2D eigenvalue weighted by Crippen LogP contribution is -2.08. The minimum atomic E-state index is -0.342. The first-order valence-corrected chi connectivity index (χ1v) is 6.68. The van der Waals surface area contributed by atoms with Crippen LogP contribution in [0.25, 0.3) is 0 Å². The summed E-state index contributed by atoms with van der Waals surface area (Å²) in [6, 6.07) is 8.26. The molecule has 0 aromatic heterocycles. The minimum absolute atomic E-state index is 0.342. The van der Waals surface area contributed by atoms with Gasteiger partial charge in [-0.2, -0.15) is 0 Å². The van der Waals surface area contributed by atoms with E-state index in [2.05, 4.69) is 19.1 Å². The Morgan fingerprint density at radius 1 is 1.47 bits per heavy atom. The van der Waals surface area contributed by atoms with Gasteiger partial charge >= 0.3 is 0 Å². The Morgan fingerprint density at radius 2 is 2.35 bits per heavy atom. The molecule has 2 heteroatoms. The molecule has 1 fully saturated rings. The number of rotatable bonds is 5. The summed E-state index contributed by atoms with van der Waals surface area (Å²) in [6.45, 7) is 3.03. The topological polar surface area (TPSA) is 29.5 Å². The summed E-state index contributed by atoms with van der Waals surface area (Å²) in [7, 11) is 0. The van der Waals surface area contributed by atoms with Crippen molar-refractivity contribution in [1.82, 2.24) is 0 Å². The third-order valence-electron chi connectivity index (χ3n) is 3.53. The van der Waals surface area contributed by atoms with Crippen molar-refractivity contribution >= 4 is 0 Å². The Morgan fingerprint density at radius 3 is 3.06 bits per heavy atom. The standard InChI is InChI=1S/C15H22O2/c1-2-12-5-3-6-13(11-12)15(16)9-8-14-7-4-10-17-14/h3,5-6,11,14-16H,2,4,7-10H2,1H3. The molecule has 1 saturated heterocycles. The van der Waals surface area contributed by atoms with Gasteiger partial charge in [-0.1, -0.05) is 31.2 Å². The highest BCUT2D eigenvalue weighted by Crippen LogP contribution is 2.24. The molecule has 1 aromatic rings. The third-order valence-corrected chi connectivity index (χ3v) is 3.53. The fourth-order valence-electron chi connectivity index (χ4n) is 2.40. The number of hydrogen-bond acceptors (Lipinski definition) is 2. The van der Waals surface area contributed by atoms with E-state index in [1.54, 1.807) is 0 Å². The average molecular weight is 234 g/mol. The first-order valence-electron chi connectivity index (χ1n) is 6.68. The Kier molecular flexibility index (Phi) is 4.57. The SMILES string of the molecule is CCc1cccc(C(O)CCC2CCCO2)c1. The van der Waals surface area contributed by atoms with Gasteiger partial charge in [-0.25, -0.2) is 0 Å². The van der Waals surface area contributed by atoms with Crippen molar-refractivity contribution in [3.63, 3.8) is 0 Å². The number of benzene rings is 1. The molecule has 2 nitrogen and oxygen atoms in total. The Bertz CT molecular complexity index is 343. The number of hydrogen-bond donors (Lipinski definition) is 1. The second-order valence-electron chi connectivity index (χ2n) is 4.83. The number of aliphatic hydroxyl groups excluding tert-OH is 1. The summed E-state index contributed by atoms with van der Waals surface area (Å²) in [5.74, 6) is 0. The predicted octanol–water partition coefficient (Wildman–Crippen LogP) is 3.24. The van der Waals surface area contributed by atoms with Crippen molar-refractivity contribution in [2.45, 2.75) is 51.2 Å². The molecule has 0 amide bonds. The van der Waals surface area contributed by atoms with E-state index in [4.69, 9.17) is 4.74 Å². The van der Waals surface area contributed by atoms with E-state index in [1.807, 2.05) is 12.1 Å². The summed E-state index contributed by atoms with van der Waals surface area (Å²) >= 11 is 0. The molecule has 1 aliphatic heterocycles. The highest BCUT2D eigenvalue weighted by molar-refractivity contribution is 5.25. The van der Waals surface area contributed by atoms with Crippen LogP contribution in [0.1, 0.15) is 49.8 Å². The summed E-state index contributed by atoms with van der Waals surface area (Å²) in [5.41, 5.74) is 2.33. The zero-order valence-electron chi connectivity index (χ0n) is 10.6. The van der Waals surface area contributed by atoms with Crippen LogP contribution in [0, 0.1) is 0 Å². The fourth-order valence-corrected chi connectivity index (χ4v) is 2.40. The van der Waals surface area contributed by atoms with Crippen molar-refractivity contribution in [3.05, 3.63) is 35.4 Å². The predicted molar refractivity (Wildman–Crippen MR) is 69.0 cm³/mol. The highest BCUT2D eigenvalue weighted by Gasteiger charge is 2.17. The highest BCUT2D eigenvalue weighted by atomic mass is 16.5. The van der Waals surface area contributed by atoms with Gasteiger partial charge in [0.2, 0.25) is 0 Å². The van der Waals surface area contributed by atoms with Crippen LogP contribution in [0.15, 0.2) is 24.3 Å². The lowest BCUT2D eigenvalue weighted by Gasteiger charge is -2.14. The maximum Gasteiger partial charge on any atom is 0.0791 e. The molecular formula is C15H22O2. The Hall–Kier alpha value is -0.860. The summed E-state index contributed by atoms with van der Waals surface area (Å²) in [6.07, 6.45) is 5.15. The van der Waals surface area contributed by atoms with Crippen molar-refractivity contribution < 1.29 is 9.84 Å². The molecule has 0 aliphatic carbocycles. The zero-order chi connectivity index (χ0) is 12.1. The van der Waals surface area contributed by atoms with Gasteiger partial charge in [-0.3, -0.25) is 0 Å². The largest absolute Gasteiger partial charge is 0.388 e. The number of aryl methyl sites for hydroxylation is 1. The van der Waals surface area contributed by atoms with Gasteiger partial charge in [0.05, 0.1) is 12.2 Å². The monoisotopic (exact) mass is 234 g/mol. The van der Waals surface area contributed by atoms with E-state index in [0.29, 0.717) is 6.10 Å². The molecule has 2 atom stereocenters. The number of ether oxygens (including phenoxy) is 1. The second kappa shape index (κ2) is 6.18. The van der Waals surface area contributed by atoms with E-state index in [1.165, 1.54) is 12.0 Å². The van der Waals surface area contributed by atoms with Gasteiger partial charge in [0.25, 0.3) is 0 Å². The molecule has 0 spiro atoms. The summed E-state index contributed by atoms with van der Waals surface area (Å²) < 4.78 is 5.57. The van der Waals surface area contributed by atoms with Crippen LogP contribution in [-0.4, -0.2) is 17.8 Å². The van der Waals surface area contributed by atoms with Gasteiger partial charge in [0.1, 0.15) is 0 Å². The first-order chi connectivity index (χ1) is 8.29. The van der Waals surface area contributed by atoms with Crippen molar-refractivity contribution in [3.8, 4) is 0 Å². The van der Waals surface area contributed by atoms with Gasteiger partial charge in [0, 0.05) is 6.61 Å². The van der Waals surface area contributed by atoms with Crippen LogP contribution >= 0.6 is 0 Å². The minimum Gasteiger partial charge on any atom is -0.388 e. The molecule has 1 aromatic carbocycles. The fraction of sp³-hybridized carbons (Fsp3) is 0.600. The van der Waals surface area contributed by atoms with E-state index in [9.17, 15) is 5.11 Å². The molecular weight excluding hydrogens is 212 g/mol. The van der Waals surface area contributed by atoms with Crippen LogP contribution in [0.4, 0.5) is 0 Å². The molecule has 17 heavy (non-hydrogen) atoms. The van der Waals surface area contributed by atoms with Crippen LogP contribution in [0.2, 0.25) is 0 Å². The average Bonchev–Trinajstić information content (AvgIpc) is 2.89. The quantitative estimate of drug-likeness (QED) is 0.847. The molecule has 0 bridgehead atoms. The molecule has 1 heterocycles.